The number of unbranched alkanes of at least 4 members (excludes halogenated alkanes) is 10. The van der Waals surface area contributed by atoms with Gasteiger partial charge in [0.1, 0.15) is 6.61 Å². The largest absolute Gasteiger partial charge is 0.479 e. The van der Waals surface area contributed by atoms with Crippen molar-refractivity contribution < 1.29 is 28.9 Å². The van der Waals surface area contributed by atoms with Crippen LogP contribution >= 0.6 is 11.6 Å². The molecule has 1 unspecified atom stereocenters. The highest BCUT2D eigenvalue weighted by Gasteiger charge is 2.16. The average molecular weight is 554 g/mol. The van der Waals surface area contributed by atoms with Crippen molar-refractivity contribution in [3.05, 3.63) is 40.7 Å². The number of aliphatic carboxylic acids is 1. The Morgan fingerprint density at radius 3 is 2.16 bits per heavy atom. The molecule has 1 aromatic carbocycles. The van der Waals surface area contributed by atoms with Gasteiger partial charge in [0.2, 0.25) is 0 Å². The molecule has 0 aliphatic heterocycles. The first-order valence-corrected chi connectivity index (χ1v) is 14.7. The summed E-state index contributed by atoms with van der Waals surface area (Å²) in [5.41, 5.74) is 0.650. The Bertz CT molecular complexity index is 829. The van der Waals surface area contributed by atoms with Gasteiger partial charge in [-0.05, 0) is 38.0 Å². The average Bonchev–Trinajstić information content (AvgIpc) is 2.88. The molecule has 1 atom stereocenters. The Morgan fingerprint density at radius 1 is 0.921 bits per heavy atom. The molecule has 0 saturated carbocycles. The van der Waals surface area contributed by atoms with Crippen molar-refractivity contribution in [2.45, 2.75) is 110 Å². The number of ether oxygens (including phenoxy) is 3. The van der Waals surface area contributed by atoms with Crippen LogP contribution in [0.1, 0.15) is 115 Å². The summed E-state index contributed by atoms with van der Waals surface area (Å²) < 4.78 is 16.9. The van der Waals surface area contributed by atoms with Gasteiger partial charge in [-0.15, -0.1) is 0 Å². The van der Waals surface area contributed by atoms with E-state index >= 15 is 0 Å². The molecule has 0 fully saturated rings. The van der Waals surface area contributed by atoms with Crippen molar-refractivity contribution in [1.82, 2.24) is 0 Å². The minimum absolute atomic E-state index is 0.0216. The summed E-state index contributed by atoms with van der Waals surface area (Å²) in [5, 5.41) is 12.2. The SMILES string of the molecule is CCCCCCCCCCCCC(COC(=O)c1ccc(Cl)c(N/C(=C/C(=O)O)OCC)c1)OCCCC. The van der Waals surface area contributed by atoms with E-state index in [9.17, 15) is 9.59 Å². The van der Waals surface area contributed by atoms with Gasteiger partial charge >= 0.3 is 11.9 Å². The molecule has 1 aromatic rings. The smallest absolute Gasteiger partial charge is 0.338 e. The number of rotatable bonds is 23. The topological polar surface area (TPSA) is 94.1 Å². The van der Waals surface area contributed by atoms with E-state index in [-0.39, 0.29) is 25.2 Å². The summed E-state index contributed by atoms with van der Waals surface area (Å²) in [6.45, 7) is 7.21. The lowest BCUT2D eigenvalue weighted by molar-refractivity contribution is -0.131. The highest BCUT2D eigenvalue weighted by Crippen LogP contribution is 2.25. The van der Waals surface area contributed by atoms with Crippen LogP contribution in [0.2, 0.25) is 5.02 Å². The van der Waals surface area contributed by atoms with Crippen molar-refractivity contribution in [2.24, 2.45) is 0 Å². The van der Waals surface area contributed by atoms with E-state index in [1.807, 2.05) is 0 Å². The molecule has 0 aliphatic carbocycles. The number of hydrogen-bond acceptors (Lipinski definition) is 6. The molecule has 0 radical (unpaired) electrons. The van der Waals surface area contributed by atoms with E-state index in [0.717, 1.165) is 38.2 Å². The zero-order chi connectivity index (χ0) is 28.0. The zero-order valence-corrected chi connectivity index (χ0v) is 24.3. The number of hydrogen-bond donors (Lipinski definition) is 2. The lowest BCUT2D eigenvalue weighted by atomic mass is 10.0. The zero-order valence-electron chi connectivity index (χ0n) is 23.6. The fraction of sp³-hybridized carbons (Fsp3) is 0.667. The molecule has 0 heterocycles. The molecule has 0 amide bonds. The van der Waals surface area contributed by atoms with E-state index in [4.69, 9.17) is 30.9 Å². The van der Waals surface area contributed by atoms with E-state index in [2.05, 4.69) is 19.2 Å². The van der Waals surface area contributed by atoms with Crippen LogP contribution in [-0.4, -0.2) is 43.0 Å². The number of esters is 1. The van der Waals surface area contributed by atoms with Gasteiger partial charge < -0.3 is 24.6 Å². The quantitative estimate of drug-likeness (QED) is 0.0608. The van der Waals surface area contributed by atoms with Crippen LogP contribution in [0.3, 0.4) is 0 Å². The Labute approximate surface area is 234 Å². The second-order valence-electron chi connectivity index (χ2n) is 9.51. The summed E-state index contributed by atoms with van der Waals surface area (Å²) in [6, 6.07) is 4.66. The van der Waals surface area contributed by atoms with Gasteiger partial charge in [-0.2, -0.15) is 0 Å². The van der Waals surface area contributed by atoms with Gasteiger partial charge in [0.05, 0.1) is 35.1 Å². The van der Waals surface area contributed by atoms with Crippen molar-refractivity contribution in [3.8, 4) is 0 Å². The molecule has 38 heavy (non-hydrogen) atoms. The summed E-state index contributed by atoms with van der Waals surface area (Å²) in [4.78, 5) is 23.8. The molecule has 0 bridgehead atoms. The van der Waals surface area contributed by atoms with E-state index in [1.165, 1.54) is 57.4 Å². The third-order valence-electron chi connectivity index (χ3n) is 6.15. The van der Waals surface area contributed by atoms with Crippen LogP contribution in [0, 0.1) is 0 Å². The van der Waals surface area contributed by atoms with Crippen LogP contribution in [0.25, 0.3) is 0 Å². The Hall–Kier alpha value is -2.25. The summed E-state index contributed by atoms with van der Waals surface area (Å²) in [7, 11) is 0. The van der Waals surface area contributed by atoms with Crippen LogP contribution < -0.4 is 5.32 Å². The highest BCUT2D eigenvalue weighted by molar-refractivity contribution is 6.33. The maximum atomic E-state index is 12.8. The molecule has 1 rings (SSSR count). The van der Waals surface area contributed by atoms with Crippen molar-refractivity contribution >= 4 is 29.2 Å². The molecule has 2 N–H and O–H groups in total. The van der Waals surface area contributed by atoms with Gasteiger partial charge in [-0.1, -0.05) is 96.1 Å². The lowest BCUT2D eigenvalue weighted by Gasteiger charge is -2.18. The summed E-state index contributed by atoms with van der Waals surface area (Å²) in [5.74, 6) is -1.63. The van der Waals surface area contributed by atoms with Gasteiger partial charge in [0.15, 0.2) is 5.88 Å². The first kappa shape index (κ1) is 33.8. The third kappa shape index (κ3) is 15.9. The van der Waals surface area contributed by atoms with Crippen LogP contribution in [0.5, 0.6) is 0 Å². The van der Waals surface area contributed by atoms with Crippen molar-refractivity contribution in [3.63, 3.8) is 0 Å². The Balaban J connectivity index is 2.58. The first-order chi connectivity index (χ1) is 18.4. The fourth-order valence-corrected chi connectivity index (χ4v) is 4.15. The van der Waals surface area contributed by atoms with Gasteiger partial charge in [0.25, 0.3) is 0 Å². The molecular formula is C30H48ClNO6. The van der Waals surface area contributed by atoms with Crippen LogP contribution in [-0.2, 0) is 19.0 Å². The molecular weight excluding hydrogens is 506 g/mol. The molecule has 0 saturated heterocycles. The third-order valence-corrected chi connectivity index (χ3v) is 6.48. The molecule has 0 aliphatic rings. The number of carboxylic acid groups (broad SMARTS) is 1. The number of nitrogens with one attached hydrogen (secondary N) is 1. The van der Waals surface area contributed by atoms with Crippen LogP contribution in [0.15, 0.2) is 30.2 Å². The standard InChI is InChI=1S/C30H48ClNO6/c1-4-7-9-10-11-12-13-14-15-16-17-25(37-20-8-5-2)23-38-30(35)24-18-19-26(31)27(21-24)32-28(36-6-3)22-29(33)34/h18-19,21-22,25,32H,4-17,20,23H2,1-3H3,(H,33,34)/b28-22-. The molecule has 7 nitrogen and oxygen atoms in total. The minimum Gasteiger partial charge on any atom is -0.479 e. The molecule has 0 spiro atoms. The Kier molecular flexibility index (Phi) is 19.3. The van der Waals surface area contributed by atoms with Crippen molar-refractivity contribution in [1.29, 1.82) is 0 Å². The number of carbonyl (C=O) groups excluding carboxylic acids is 1. The maximum absolute atomic E-state index is 12.8. The van der Waals surface area contributed by atoms with E-state index in [0.29, 0.717) is 22.9 Å². The highest BCUT2D eigenvalue weighted by atomic mass is 35.5. The normalized spacial score (nSPS) is 12.3. The first-order valence-electron chi connectivity index (χ1n) is 14.3. The molecule has 216 valence electrons. The summed E-state index contributed by atoms with van der Waals surface area (Å²) in [6.07, 6.45) is 16.4. The predicted molar refractivity (Wildman–Crippen MR) is 154 cm³/mol. The van der Waals surface area contributed by atoms with E-state index < -0.39 is 11.9 Å². The van der Waals surface area contributed by atoms with Crippen molar-refractivity contribution in [2.75, 3.05) is 25.1 Å². The molecule has 0 aromatic heterocycles. The second kappa shape index (κ2) is 21.7. The van der Waals surface area contributed by atoms with Gasteiger partial charge in [-0.3, -0.25) is 0 Å². The van der Waals surface area contributed by atoms with Gasteiger partial charge in [0, 0.05) is 6.61 Å². The number of anilines is 1. The lowest BCUT2D eigenvalue weighted by Crippen LogP contribution is -2.23. The Morgan fingerprint density at radius 2 is 1.55 bits per heavy atom. The monoisotopic (exact) mass is 553 g/mol. The predicted octanol–water partition coefficient (Wildman–Crippen LogP) is 8.37. The minimum atomic E-state index is -1.16. The summed E-state index contributed by atoms with van der Waals surface area (Å²) >= 11 is 6.25. The van der Waals surface area contributed by atoms with E-state index in [1.54, 1.807) is 19.1 Å². The number of carbonyl (C=O) groups is 2. The fourth-order valence-electron chi connectivity index (χ4n) is 3.98. The number of benzene rings is 1. The van der Waals surface area contributed by atoms with Crippen LogP contribution in [0.4, 0.5) is 5.69 Å². The second-order valence-corrected chi connectivity index (χ2v) is 9.92. The van der Waals surface area contributed by atoms with Gasteiger partial charge in [-0.25, -0.2) is 9.59 Å². The number of halogens is 1. The molecule has 8 heteroatoms. The number of carboxylic acids is 1. The maximum Gasteiger partial charge on any atom is 0.338 e.